The van der Waals surface area contributed by atoms with Crippen molar-refractivity contribution in [2.75, 3.05) is 10.2 Å². The highest BCUT2D eigenvalue weighted by Gasteiger charge is 2.27. The minimum absolute atomic E-state index is 0.386. The van der Waals surface area contributed by atoms with Crippen LogP contribution < -0.4 is 10.2 Å². The second kappa shape index (κ2) is 6.73. The summed E-state index contributed by atoms with van der Waals surface area (Å²) < 4.78 is 0. The van der Waals surface area contributed by atoms with Gasteiger partial charge in [-0.3, -0.25) is 0 Å². The Morgan fingerprint density at radius 2 is 1.92 bits per heavy atom. The third kappa shape index (κ3) is 3.30. The number of nitrogens with one attached hydrogen (secondary N) is 1. The molecule has 0 spiro atoms. The molecule has 1 atom stereocenters. The summed E-state index contributed by atoms with van der Waals surface area (Å²) in [5, 5.41) is 4.03. The Labute approximate surface area is 152 Å². The minimum Gasteiger partial charge on any atom is -0.350 e. The molecular formula is C20H19ClN4. The summed E-state index contributed by atoms with van der Waals surface area (Å²) in [5.74, 6) is 1.55. The van der Waals surface area contributed by atoms with Crippen LogP contribution in [-0.2, 0) is 13.0 Å². The van der Waals surface area contributed by atoms with Crippen LogP contribution in [0.4, 0.5) is 17.5 Å². The summed E-state index contributed by atoms with van der Waals surface area (Å²) in [7, 11) is 0. The summed E-state index contributed by atoms with van der Waals surface area (Å²) in [6, 6.07) is 18.6. The van der Waals surface area contributed by atoms with E-state index in [-0.39, 0.29) is 0 Å². The van der Waals surface area contributed by atoms with Crippen molar-refractivity contribution in [3.8, 4) is 0 Å². The maximum Gasteiger partial charge on any atom is 0.224 e. The van der Waals surface area contributed by atoms with Gasteiger partial charge in [-0.15, -0.1) is 0 Å². The molecule has 1 aliphatic rings. The topological polar surface area (TPSA) is 41.1 Å². The van der Waals surface area contributed by atoms with Crippen LogP contribution in [0.5, 0.6) is 0 Å². The van der Waals surface area contributed by atoms with Gasteiger partial charge in [0.05, 0.1) is 0 Å². The minimum atomic E-state index is 0.386. The van der Waals surface area contributed by atoms with Gasteiger partial charge < -0.3 is 10.2 Å². The Hall–Kier alpha value is -2.59. The molecule has 4 rings (SSSR count). The molecule has 4 nitrogen and oxygen atoms in total. The molecule has 25 heavy (non-hydrogen) atoms. The molecule has 0 amide bonds. The monoisotopic (exact) mass is 350 g/mol. The molecular weight excluding hydrogens is 332 g/mol. The van der Waals surface area contributed by atoms with Gasteiger partial charge in [0.2, 0.25) is 5.95 Å². The lowest BCUT2D eigenvalue weighted by Crippen LogP contribution is -2.25. The van der Waals surface area contributed by atoms with Crippen molar-refractivity contribution >= 4 is 29.1 Å². The van der Waals surface area contributed by atoms with E-state index in [4.69, 9.17) is 16.6 Å². The van der Waals surface area contributed by atoms with Crippen molar-refractivity contribution in [1.29, 1.82) is 0 Å². The summed E-state index contributed by atoms with van der Waals surface area (Å²) in [5.41, 5.74) is 3.74. The third-order valence-electron chi connectivity index (χ3n) is 4.46. The van der Waals surface area contributed by atoms with Crippen molar-refractivity contribution in [2.45, 2.75) is 25.9 Å². The molecule has 3 aromatic rings. The zero-order chi connectivity index (χ0) is 17.2. The number of anilines is 3. The van der Waals surface area contributed by atoms with Gasteiger partial charge in [-0.25, -0.2) is 4.98 Å². The highest BCUT2D eigenvalue weighted by atomic mass is 35.5. The second-order valence-corrected chi connectivity index (χ2v) is 6.71. The van der Waals surface area contributed by atoms with Gasteiger partial charge in [-0.1, -0.05) is 41.9 Å². The average Bonchev–Trinajstić information content (AvgIpc) is 2.97. The molecule has 1 unspecified atom stereocenters. The highest BCUT2D eigenvalue weighted by Crippen LogP contribution is 2.37. The summed E-state index contributed by atoms with van der Waals surface area (Å²) in [6.45, 7) is 2.88. The van der Waals surface area contributed by atoms with Crippen molar-refractivity contribution < 1.29 is 0 Å². The van der Waals surface area contributed by atoms with Crippen molar-refractivity contribution in [3.05, 3.63) is 76.9 Å². The lowest BCUT2D eigenvalue weighted by Gasteiger charge is -2.24. The molecule has 0 radical (unpaired) electrons. The van der Waals surface area contributed by atoms with E-state index in [0.29, 0.717) is 18.5 Å². The first kappa shape index (κ1) is 15.9. The molecule has 2 aromatic carbocycles. The van der Waals surface area contributed by atoms with Crippen LogP contribution in [0.3, 0.4) is 0 Å². The Bertz CT molecular complexity index is 879. The summed E-state index contributed by atoms with van der Waals surface area (Å²) in [4.78, 5) is 11.3. The molecule has 1 N–H and O–H groups in total. The maximum atomic E-state index is 5.93. The van der Waals surface area contributed by atoms with E-state index in [9.17, 15) is 0 Å². The van der Waals surface area contributed by atoms with Crippen molar-refractivity contribution in [2.24, 2.45) is 0 Å². The van der Waals surface area contributed by atoms with Crippen LogP contribution in [0.15, 0.2) is 60.8 Å². The fourth-order valence-corrected chi connectivity index (χ4v) is 3.39. The van der Waals surface area contributed by atoms with E-state index >= 15 is 0 Å². The quantitative estimate of drug-likeness (QED) is 0.732. The number of para-hydroxylation sites is 1. The predicted molar refractivity (Wildman–Crippen MR) is 103 cm³/mol. The zero-order valence-electron chi connectivity index (χ0n) is 14.0. The molecule has 0 fully saturated rings. The maximum absolute atomic E-state index is 5.93. The number of halogens is 1. The third-order valence-corrected chi connectivity index (χ3v) is 4.71. The molecule has 0 bridgehead atoms. The fourth-order valence-electron chi connectivity index (χ4n) is 3.27. The summed E-state index contributed by atoms with van der Waals surface area (Å²) >= 11 is 5.93. The Balaban J connectivity index is 1.54. The van der Waals surface area contributed by atoms with E-state index in [2.05, 4.69) is 46.4 Å². The number of aromatic nitrogens is 2. The molecule has 1 aliphatic heterocycles. The second-order valence-electron chi connectivity index (χ2n) is 6.27. The number of rotatable bonds is 4. The smallest absolute Gasteiger partial charge is 0.224 e. The fraction of sp³-hybridized carbons (Fsp3) is 0.200. The van der Waals surface area contributed by atoms with Gasteiger partial charge in [0, 0.05) is 29.5 Å². The number of hydrogen-bond acceptors (Lipinski definition) is 4. The van der Waals surface area contributed by atoms with Crippen LogP contribution in [0.1, 0.15) is 18.1 Å². The number of hydrogen-bond donors (Lipinski definition) is 1. The first-order valence-corrected chi connectivity index (χ1v) is 8.77. The van der Waals surface area contributed by atoms with Crippen molar-refractivity contribution in [1.82, 2.24) is 9.97 Å². The van der Waals surface area contributed by atoms with Gasteiger partial charge >= 0.3 is 0 Å². The first-order chi connectivity index (χ1) is 12.2. The van der Waals surface area contributed by atoms with E-state index in [0.717, 1.165) is 22.8 Å². The molecule has 126 valence electrons. The Kier molecular flexibility index (Phi) is 4.28. The summed E-state index contributed by atoms with van der Waals surface area (Å²) in [6.07, 6.45) is 2.84. The highest BCUT2D eigenvalue weighted by molar-refractivity contribution is 6.30. The number of fused-ring (bicyclic) bond motifs is 1. The number of nitrogens with zero attached hydrogens (tertiary/aromatic N) is 3. The average molecular weight is 351 g/mol. The lowest BCUT2D eigenvalue weighted by atomic mass is 10.1. The van der Waals surface area contributed by atoms with E-state index in [1.807, 2.05) is 30.3 Å². The molecule has 0 aliphatic carbocycles. The van der Waals surface area contributed by atoms with Gasteiger partial charge in [-0.2, -0.15) is 4.98 Å². The number of benzene rings is 2. The van der Waals surface area contributed by atoms with Gasteiger partial charge in [0.25, 0.3) is 0 Å². The SMILES string of the molecule is CC1Cc2ccccc2N1c1ccnc(NCc2ccc(Cl)cc2)n1. The molecule has 0 saturated heterocycles. The Morgan fingerprint density at radius 1 is 1.12 bits per heavy atom. The van der Waals surface area contributed by atoms with Gasteiger partial charge in [0.15, 0.2) is 0 Å². The van der Waals surface area contributed by atoms with Crippen LogP contribution in [0.2, 0.25) is 5.02 Å². The largest absolute Gasteiger partial charge is 0.350 e. The molecule has 5 heteroatoms. The van der Waals surface area contributed by atoms with E-state index in [1.54, 1.807) is 6.20 Å². The Morgan fingerprint density at radius 3 is 2.76 bits per heavy atom. The van der Waals surface area contributed by atoms with Gasteiger partial charge in [0.1, 0.15) is 5.82 Å². The van der Waals surface area contributed by atoms with Crippen molar-refractivity contribution in [3.63, 3.8) is 0 Å². The lowest BCUT2D eigenvalue weighted by molar-refractivity contribution is 0.749. The molecule has 0 saturated carbocycles. The van der Waals surface area contributed by atoms with Crippen LogP contribution in [0.25, 0.3) is 0 Å². The van der Waals surface area contributed by atoms with E-state index in [1.165, 1.54) is 11.3 Å². The standard InChI is InChI=1S/C20H19ClN4/c1-14-12-16-4-2-3-5-18(16)25(14)19-10-11-22-20(24-19)23-13-15-6-8-17(21)9-7-15/h2-11,14H,12-13H2,1H3,(H,22,23,24). The normalized spacial score (nSPS) is 15.9. The predicted octanol–water partition coefficient (Wildman–Crippen LogP) is 4.82. The van der Waals surface area contributed by atoms with Gasteiger partial charge in [-0.05, 0) is 48.7 Å². The van der Waals surface area contributed by atoms with Crippen LogP contribution in [-0.4, -0.2) is 16.0 Å². The van der Waals surface area contributed by atoms with Crippen LogP contribution >= 0.6 is 11.6 Å². The first-order valence-electron chi connectivity index (χ1n) is 8.39. The molecule has 1 aromatic heterocycles. The van der Waals surface area contributed by atoms with E-state index < -0.39 is 0 Å². The zero-order valence-corrected chi connectivity index (χ0v) is 14.7. The van der Waals surface area contributed by atoms with Crippen LogP contribution in [0, 0.1) is 0 Å². The molecule has 2 heterocycles.